The van der Waals surface area contributed by atoms with Crippen molar-refractivity contribution in [2.75, 3.05) is 6.61 Å². The van der Waals surface area contributed by atoms with Crippen LogP contribution < -0.4 is 15.7 Å². The van der Waals surface area contributed by atoms with Gasteiger partial charge in [0.15, 0.2) is 6.61 Å². The summed E-state index contributed by atoms with van der Waals surface area (Å²) in [4.78, 5) is 23.5. The maximum absolute atomic E-state index is 11.9. The highest BCUT2D eigenvalue weighted by Gasteiger charge is 2.18. The van der Waals surface area contributed by atoms with Gasteiger partial charge in [0.2, 0.25) is 0 Å². The van der Waals surface area contributed by atoms with Gasteiger partial charge < -0.3 is 14.5 Å². The van der Waals surface area contributed by atoms with E-state index < -0.39 is 0 Å². The van der Waals surface area contributed by atoms with Gasteiger partial charge in [-0.15, -0.1) is 0 Å². The number of carbonyl (C=O) groups excluding carboxylic acids is 1. The minimum Gasteiger partial charge on any atom is -0.484 e. The molecule has 1 N–H and O–H groups in total. The monoisotopic (exact) mass is 317 g/mol. The minimum atomic E-state index is -0.381. The van der Waals surface area contributed by atoms with E-state index in [0.29, 0.717) is 11.3 Å². The van der Waals surface area contributed by atoms with E-state index in [0.717, 1.165) is 23.8 Å². The van der Waals surface area contributed by atoms with E-state index in [2.05, 4.69) is 5.32 Å². The number of benzene rings is 1. The highest BCUT2D eigenvalue weighted by molar-refractivity contribution is 5.82. The second-order valence-electron chi connectivity index (χ2n) is 6.18. The SMILES string of the molecule is CCc1cc(=O)oc2cc(OCC(=O)NC(C)(C)CC)ccc12. The molecular weight excluding hydrogens is 294 g/mol. The van der Waals surface area contributed by atoms with E-state index in [4.69, 9.17) is 9.15 Å². The Kier molecular flexibility index (Phi) is 5.08. The van der Waals surface area contributed by atoms with E-state index in [1.807, 2.05) is 33.8 Å². The van der Waals surface area contributed by atoms with Crippen molar-refractivity contribution < 1.29 is 13.9 Å². The van der Waals surface area contributed by atoms with Crippen LogP contribution in [-0.4, -0.2) is 18.1 Å². The molecular formula is C18H23NO4. The number of fused-ring (bicyclic) bond motifs is 1. The third-order valence-corrected chi connectivity index (χ3v) is 3.91. The van der Waals surface area contributed by atoms with Crippen LogP contribution in [0.15, 0.2) is 33.5 Å². The summed E-state index contributed by atoms with van der Waals surface area (Å²) in [5.74, 6) is 0.319. The van der Waals surface area contributed by atoms with Gasteiger partial charge in [-0.25, -0.2) is 4.79 Å². The van der Waals surface area contributed by atoms with Gasteiger partial charge in [0, 0.05) is 23.1 Å². The number of carbonyl (C=O) groups is 1. The van der Waals surface area contributed by atoms with Crippen molar-refractivity contribution in [2.45, 2.75) is 46.1 Å². The normalized spacial score (nSPS) is 11.5. The number of hydrogen-bond acceptors (Lipinski definition) is 4. The van der Waals surface area contributed by atoms with E-state index in [1.165, 1.54) is 6.07 Å². The highest BCUT2D eigenvalue weighted by Crippen LogP contribution is 2.23. The molecule has 0 aliphatic rings. The lowest BCUT2D eigenvalue weighted by Gasteiger charge is -2.24. The lowest BCUT2D eigenvalue weighted by molar-refractivity contribution is -0.124. The van der Waals surface area contributed by atoms with Gasteiger partial charge in [0.25, 0.3) is 5.91 Å². The molecule has 1 aromatic carbocycles. The molecule has 1 heterocycles. The summed E-state index contributed by atoms with van der Waals surface area (Å²) < 4.78 is 10.7. The largest absolute Gasteiger partial charge is 0.484 e. The van der Waals surface area contributed by atoms with E-state index in [1.54, 1.807) is 12.1 Å². The Morgan fingerprint density at radius 2 is 2.00 bits per heavy atom. The minimum absolute atomic E-state index is 0.0767. The van der Waals surface area contributed by atoms with Crippen molar-refractivity contribution in [3.05, 3.63) is 40.2 Å². The number of amides is 1. The van der Waals surface area contributed by atoms with Crippen LogP contribution in [0.3, 0.4) is 0 Å². The molecule has 2 rings (SSSR count). The van der Waals surface area contributed by atoms with Gasteiger partial charge in [0.05, 0.1) is 0 Å². The molecule has 0 aliphatic carbocycles. The fourth-order valence-electron chi connectivity index (χ4n) is 2.24. The Labute approximate surface area is 135 Å². The molecule has 0 fully saturated rings. The zero-order chi connectivity index (χ0) is 17.0. The maximum Gasteiger partial charge on any atom is 0.336 e. The molecule has 5 nitrogen and oxygen atoms in total. The van der Waals surface area contributed by atoms with Crippen molar-refractivity contribution in [2.24, 2.45) is 0 Å². The molecule has 0 radical (unpaired) electrons. The van der Waals surface area contributed by atoms with E-state index >= 15 is 0 Å². The molecule has 0 unspecified atom stereocenters. The van der Waals surface area contributed by atoms with Crippen molar-refractivity contribution in [3.8, 4) is 5.75 Å². The Hall–Kier alpha value is -2.30. The van der Waals surface area contributed by atoms with Crippen LogP contribution >= 0.6 is 0 Å². The summed E-state index contributed by atoms with van der Waals surface area (Å²) in [6.07, 6.45) is 1.58. The molecule has 1 aromatic heterocycles. The quantitative estimate of drug-likeness (QED) is 0.832. The van der Waals surface area contributed by atoms with Gasteiger partial charge >= 0.3 is 5.63 Å². The summed E-state index contributed by atoms with van der Waals surface area (Å²) in [6, 6.07) is 6.78. The second kappa shape index (κ2) is 6.86. The van der Waals surface area contributed by atoms with Crippen molar-refractivity contribution in [1.29, 1.82) is 0 Å². The number of rotatable bonds is 6. The summed E-state index contributed by atoms with van der Waals surface area (Å²) >= 11 is 0. The molecule has 0 saturated heterocycles. The fourth-order valence-corrected chi connectivity index (χ4v) is 2.24. The summed E-state index contributed by atoms with van der Waals surface area (Å²) in [5.41, 5.74) is 0.771. The first-order chi connectivity index (χ1) is 10.8. The first-order valence-electron chi connectivity index (χ1n) is 7.85. The molecule has 0 atom stereocenters. The Morgan fingerprint density at radius 3 is 2.65 bits per heavy atom. The van der Waals surface area contributed by atoms with Crippen LogP contribution in [0.5, 0.6) is 5.75 Å². The topological polar surface area (TPSA) is 68.5 Å². The Morgan fingerprint density at radius 1 is 1.26 bits per heavy atom. The van der Waals surface area contributed by atoms with Gasteiger partial charge in [-0.1, -0.05) is 13.8 Å². The van der Waals surface area contributed by atoms with E-state index in [9.17, 15) is 9.59 Å². The number of nitrogens with one attached hydrogen (secondary N) is 1. The smallest absolute Gasteiger partial charge is 0.336 e. The average Bonchev–Trinajstić information content (AvgIpc) is 2.51. The molecule has 23 heavy (non-hydrogen) atoms. The first kappa shape index (κ1) is 17.1. The molecule has 5 heteroatoms. The Bertz CT molecular complexity index is 761. The Balaban J connectivity index is 2.13. The molecule has 0 aliphatic heterocycles. The summed E-state index contributed by atoms with van der Waals surface area (Å²) in [7, 11) is 0. The molecule has 0 spiro atoms. The van der Waals surface area contributed by atoms with Crippen LogP contribution in [0, 0.1) is 0 Å². The highest BCUT2D eigenvalue weighted by atomic mass is 16.5. The fraction of sp³-hybridized carbons (Fsp3) is 0.444. The zero-order valence-corrected chi connectivity index (χ0v) is 14.1. The third-order valence-electron chi connectivity index (χ3n) is 3.91. The van der Waals surface area contributed by atoms with Crippen LogP contribution in [-0.2, 0) is 11.2 Å². The first-order valence-corrected chi connectivity index (χ1v) is 7.85. The molecule has 0 bridgehead atoms. The predicted molar refractivity (Wildman–Crippen MR) is 89.9 cm³/mol. The summed E-state index contributed by atoms with van der Waals surface area (Å²) in [5, 5.41) is 3.79. The van der Waals surface area contributed by atoms with Crippen LogP contribution in [0.4, 0.5) is 0 Å². The molecule has 0 saturated carbocycles. The van der Waals surface area contributed by atoms with Gasteiger partial charge in [-0.05, 0) is 44.4 Å². The predicted octanol–water partition coefficient (Wildman–Crippen LogP) is 3.04. The number of aryl methyl sites for hydroxylation is 1. The van der Waals surface area contributed by atoms with Crippen LogP contribution in [0.2, 0.25) is 0 Å². The van der Waals surface area contributed by atoms with Crippen LogP contribution in [0.25, 0.3) is 11.0 Å². The molecule has 1 amide bonds. The molecule has 2 aromatic rings. The average molecular weight is 317 g/mol. The van der Waals surface area contributed by atoms with Gasteiger partial charge in [-0.2, -0.15) is 0 Å². The second-order valence-corrected chi connectivity index (χ2v) is 6.18. The summed E-state index contributed by atoms with van der Waals surface area (Å²) in [6.45, 7) is 7.84. The lowest BCUT2D eigenvalue weighted by Crippen LogP contribution is -2.44. The van der Waals surface area contributed by atoms with Crippen molar-refractivity contribution in [3.63, 3.8) is 0 Å². The van der Waals surface area contributed by atoms with E-state index in [-0.39, 0.29) is 23.7 Å². The standard InChI is InChI=1S/C18H23NO4/c1-5-12-9-17(21)23-15-10-13(7-8-14(12)15)22-11-16(20)19-18(3,4)6-2/h7-10H,5-6,11H2,1-4H3,(H,19,20). The van der Waals surface area contributed by atoms with Crippen molar-refractivity contribution >= 4 is 16.9 Å². The van der Waals surface area contributed by atoms with Crippen molar-refractivity contribution in [1.82, 2.24) is 5.32 Å². The lowest BCUT2D eigenvalue weighted by atomic mass is 10.0. The third kappa shape index (κ3) is 4.34. The van der Waals surface area contributed by atoms with Crippen LogP contribution in [0.1, 0.15) is 39.7 Å². The number of ether oxygens (including phenoxy) is 1. The maximum atomic E-state index is 11.9. The van der Waals surface area contributed by atoms with Gasteiger partial charge in [-0.3, -0.25) is 4.79 Å². The van der Waals surface area contributed by atoms with Gasteiger partial charge in [0.1, 0.15) is 11.3 Å². The zero-order valence-electron chi connectivity index (χ0n) is 14.1. The molecule has 124 valence electrons. The number of hydrogen-bond donors (Lipinski definition) is 1.